The number of benzene rings is 1. The van der Waals surface area contributed by atoms with Crippen molar-refractivity contribution in [1.29, 1.82) is 0 Å². The van der Waals surface area contributed by atoms with Crippen LogP contribution in [0.1, 0.15) is 22.3 Å². The Labute approximate surface area is 155 Å². The maximum absolute atomic E-state index is 12.9. The summed E-state index contributed by atoms with van der Waals surface area (Å²) >= 11 is 0. The third-order valence-corrected chi connectivity index (χ3v) is 4.39. The fraction of sp³-hybridized carbons (Fsp3) is 0.529. The summed E-state index contributed by atoms with van der Waals surface area (Å²) in [6.45, 7) is 3.28. The minimum Gasteiger partial charge on any atom is -0.486 e. The van der Waals surface area contributed by atoms with E-state index in [9.17, 15) is 4.79 Å². The van der Waals surface area contributed by atoms with E-state index in [2.05, 4.69) is 15.4 Å². The molecule has 0 saturated carbocycles. The van der Waals surface area contributed by atoms with Crippen LogP contribution >= 0.6 is 0 Å². The first kappa shape index (κ1) is 17.7. The standard InChI is InChI=1S/C17H21N5O5/c1-24-6-5-22-19-16(18-20-22)15-11-21(4-7-25-15)17(23)12-2-3-13-14(10-12)27-9-8-26-13/h2-3,10,15H,4-9,11H2,1H3/t15-/m1/s1. The lowest BCUT2D eigenvalue weighted by atomic mass is 10.1. The fourth-order valence-electron chi connectivity index (χ4n) is 3.00. The number of hydrogen-bond acceptors (Lipinski definition) is 8. The summed E-state index contributed by atoms with van der Waals surface area (Å²) in [7, 11) is 1.61. The Bertz CT molecular complexity index is 811. The van der Waals surface area contributed by atoms with Crippen molar-refractivity contribution in [3.8, 4) is 11.5 Å². The molecule has 0 aliphatic carbocycles. The van der Waals surface area contributed by atoms with Crippen LogP contribution in [0.5, 0.6) is 11.5 Å². The van der Waals surface area contributed by atoms with Crippen molar-refractivity contribution in [2.45, 2.75) is 12.6 Å². The highest BCUT2D eigenvalue weighted by Gasteiger charge is 2.29. The first-order valence-electron chi connectivity index (χ1n) is 8.82. The molecule has 1 aromatic heterocycles. The van der Waals surface area contributed by atoms with Crippen LogP contribution in [0.25, 0.3) is 0 Å². The Morgan fingerprint density at radius 2 is 2.11 bits per heavy atom. The number of ether oxygens (including phenoxy) is 4. The number of methoxy groups -OCH3 is 1. The van der Waals surface area contributed by atoms with Gasteiger partial charge in [0.15, 0.2) is 11.5 Å². The number of carbonyl (C=O) groups is 1. The summed E-state index contributed by atoms with van der Waals surface area (Å²) in [5.41, 5.74) is 0.552. The zero-order valence-electron chi connectivity index (χ0n) is 15.0. The Morgan fingerprint density at radius 3 is 2.96 bits per heavy atom. The van der Waals surface area contributed by atoms with Crippen LogP contribution in [0.15, 0.2) is 18.2 Å². The second kappa shape index (κ2) is 7.89. The Kier molecular flexibility index (Phi) is 5.16. The number of fused-ring (bicyclic) bond motifs is 1. The number of rotatable bonds is 5. The molecule has 10 heteroatoms. The van der Waals surface area contributed by atoms with Gasteiger partial charge in [-0.3, -0.25) is 4.79 Å². The molecule has 2 aromatic rings. The molecule has 0 radical (unpaired) electrons. The van der Waals surface area contributed by atoms with Crippen LogP contribution in [-0.4, -0.2) is 77.6 Å². The molecular formula is C17H21N5O5. The first-order valence-corrected chi connectivity index (χ1v) is 8.82. The molecule has 1 atom stereocenters. The van der Waals surface area contributed by atoms with Gasteiger partial charge in [0.05, 0.1) is 26.3 Å². The van der Waals surface area contributed by atoms with Gasteiger partial charge in [-0.15, -0.1) is 10.2 Å². The molecule has 4 rings (SSSR count). The zero-order valence-corrected chi connectivity index (χ0v) is 15.0. The van der Waals surface area contributed by atoms with Crippen LogP contribution in [0, 0.1) is 0 Å². The van der Waals surface area contributed by atoms with Crippen molar-refractivity contribution >= 4 is 5.91 Å². The van der Waals surface area contributed by atoms with Crippen molar-refractivity contribution in [3.05, 3.63) is 29.6 Å². The molecule has 0 unspecified atom stereocenters. The highest BCUT2D eigenvalue weighted by Crippen LogP contribution is 2.31. The van der Waals surface area contributed by atoms with Gasteiger partial charge in [0.1, 0.15) is 19.3 Å². The van der Waals surface area contributed by atoms with E-state index in [0.717, 1.165) is 0 Å². The van der Waals surface area contributed by atoms with Gasteiger partial charge in [-0.1, -0.05) is 0 Å². The summed E-state index contributed by atoms with van der Waals surface area (Å²) < 4.78 is 21.8. The van der Waals surface area contributed by atoms with Crippen molar-refractivity contribution in [3.63, 3.8) is 0 Å². The summed E-state index contributed by atoms with van der Waals surface area (Å²) in [5.74, 6) is 1.63. The normalized spacial score (nSPS) is 19.1. The quantitative estimate of drug-likeness (QED) is 0.736. The highest BCUT2D eigenvalue weighted by atomic mass is 16.6. The molecular weight excluding hydrogens is 354 g/mol. The SMILES string of the molecule is COCCn1nnc([C@H]2CN(C(=O)c3ccc4c(c3)OCCO4)CCO2)n1. The molecule has 1 amide bonds. The number of amides is 1. The van der Waals surface area contributed by atoms with Crippen molar-refractivity contribution < 1.29 is 23.7 Å². The van der Waals surface area contributed by atoms with Gasteiger partial charge in [0, 0.05) is 19.2 Å². The molecule has 2 aliphatic heterocycles. The van der Waals surface area contributed by atoms with E-state index in [0.29, 0.717) is 68.9 Å². The van der Waals surface area contributed by atoms with Crippen LogP contribution in [0.3, 0.4) is 0 Å². The third-order valence-electron chi connectivity index (χ3n) is 4.39. The van der Waals surface area contributed by atoms with E-state index < -0.39 is 6.10 Å². The molecule has 1 saturated heterocycles. The van der Waals surface area contributed by atoms with Gasteiger partial charge in [-0.25, -0.2) is 0 Å². The predicted molar refractivity (Wildman–Crippen MR) is 91.7 cm³/mol. The number of carbonyl (C=O) groups excluding carboxylic acids is 1. The van der Waals surface area contributed by atoms with Crippen LogP contribution in [-0.2, 0) is 16.0 Å². The molecule has 2 aliphatic rings. The lowest BCUT2D eigenvalue weighted by Crippen LogP contribution is -2.42. The van der Waals surface area contributed by atoms with Gasteiger partial charge < -0.3 is 23.8 Å². The Balaban J connectivity index is 1.44. The highest BCUT2D eigenvalue weighted by molar-refractivity contribution is 5.95. The number of hydrogen-bond donors (Lipinski definition) is 0. The molecule has 27 heavy (non-hydrogen) atoms. The number of morpholine rings is 1. The summed E-state index contributed by atoms with van der Waals surface area (Å²) in [6, 6.07) is 5.24. The maximum atomic E-state index is 12.9. The lowest BCUT2D eigenvalue weighted by molar-refractivity contribution is -0.0269. The smallest absolute Gasteiger partial charge is 0.254 e. The van der Waals surface area contributed by atoms with Crippen molar-refractivity contribution in [2.24, 2.45) is 0 Å². The minimum absolute atomic E-state index is 0.0907. The predicted octanol–water partition coefficient (Wildman–Crippen LogP) is 0.304. The number of aromatic nitrogens is 4. The molecule has 3 heterocycles. The van der Waals surface area contributed by atoms with Gasteiger partial charge in [-0.05, 0) is 23.4 Å². The lowest BCUT2D eigenvalue weighted by Gasteiger charge is -2.31. The molecule has 1 aromatic carbocycles. The van der Waals surface area contributed by atoms with E-state index >= 15 is 0 Å². The topological polar surface area (TPSA) is 101 Å². The second-order valence-corrected chi connectivity index (χ2v) is 6.21. The summed E-state index contributed by atoms with van der Waals surface area (Å²) in [5, 5.41) is 12.3. The van der Waals surface area contributed by atoms with Gasteiger partial charge in [0.2, 0.25) is 5.82 Å². The van der Waals surface area contributed by atoms with Crippen molar-refractivity contribution in [1.82, 2.24) is 25.1 Å². The zero-order chi connectivity index (χ0) is 18.6. The Hall–Kier alpha value is -2.72. The summed E-state index contributed by atoms with van der Waals surface area (Å²) in [6.07, 6.45) is -0.406. The molecule has 10 nitrogen and oxygen atoms in total. The van der Waals surface area contributed by atoms with Gasteiger partial charge in [-0.2, -0.15) is 4.80 Å². The van der Waals surface area contributed by atoms with Crippen molar-refractivity contribution in [2.75, 3.05) is 46.6 Å². The molecule has 1 fully saturated rings. The van der Waals surface area contributed by atoms with E-state index in [4.69, 9.17) is 18.9 Å². The average molecular weight is 375 g/mol. The molecule has 0 spiro atoms. The van der Waals surface area contributed by atoms with Gasteiger partial charge >= 0.3 is 0 Å². The largest absolute Gasteiger partial charge is 0.486 e. The van der Waals surface area contributed by atoms with E-state index in [1.165, 1.54) is 4.80 Å². The first-order chi connectivity index (χ1) is 13.2. The monoisotopic (exact) mass is 375 g/mol. The molecule has 0 N–H and O–H groups in total. The number of nitrogens with zero attached hydrogens (tertiary/aromatic N) is 5. The molecule has 144 valence electrons. The second-order valence-electron chi connectivity index (χ2n) is 6.21. The van der Waals surface area contributed by atoms with Crippen LogP contribution in [0.4, 0.5) is 0 Å². The van der Waals surface area contributed by atoms with E-state index in [1.54, 1.807) is 30.2 Å². The third kappa shape index (κ3) is 3.86. The van der Waals surface area contributed by atoms with Gasteiger partial charge in [0.25, 0.3) is 5.91 Å². The van der Waals surface area contributed by atoms with E-state index in [1.807, 2.05) is 0 Å². The number of tetrazole rings is 1. The van der Waals surface area contributed by atoms with E-state index in [-0.39, 0.29) is 5.91 Å². The van der Waals surface area contributed by atoms with Crippen LogP contribution < -0.4 is 9.47 Å². The fourth-order valence-corrected chi connectivity index (χ4v) is 3.00. The average Bonchev–Trinajstić information content (AvgIpc) is 3.20. The van der Waals surface area contributed by atoms with Crippen LogP contribution in [0.2, 0.25) is 0 Å². The summed E-state index contributed by atoms with van der Waals surface area (Å²) in [4.78, 5) is 16.1. The minimum atomic E-state index is -0.406. The molecule has 0 bridgehead atoms. The Morgan fingerprint density at radius 1 is 1.26 bits per heavy atom. The maximum Gasteiger partial charge on any atom is 0.254 e.